The molecule has 198 valence electrons. The van der Waals surface area contributed by atoms with Crippen LogP contribution in [0.25, 0.3) is 0 Å². The first-order valence-electron chi connectivity index (χ1n) is 13.8. The highest BCUT2D eigenvalue weighted by molar-refractivity contribution is 5.68. The molecule has 4 rings (SSSR count). The minimum absolute atomic E-state index is 0.188. The van der Waals surface area contributed by atoms with Crippen molar-refractivity contribution in [1.82, 2.24) is 30.4 Å². The van der Waals surface area contributed by atoms with Crippen molar-refractivity contribution in [2.75, 3.05) is 26.8 Å². The third kappa shape index (κ3) is 8.13. The van der Waals surface area contributed by atoms with Crippen LogP contribution in [0.2, 0.25) is 0 Å². The van der Waals surface area contributed by atoms with Gasteiger partial charge in [-0.25, -0.2) is 9.48 Å². The van der Waals surface area contributed by atoms with E-state index in [2.05, 4.69) is 20.8 Å². The number of amides is 1. The highest BCUT2D eigenvalue weighted by atomic mass is 16.6. The van der Waals surface area contributed by atoms with Crippen molar-refractivity contribution >= 4 is 6.09 Å². The zero-order valence-electron chi connectivity index (χ0n) is 22.2. The van der Waals surface area contributed by atoms with Gasteiger partial charge < -0.3 is 19.7 Å². The van der Waals surface area contributed by atoms with E-state index in [0.29, 0.717) is 11.8 Å². The summed E-state index contributed by atoms with van der Waals surface area (Å²) in [4.78, 5) is 14.3. The summed E-state index contributed by atoms with van der Waals surface area (Å²) in [5, 5.41) is 16.7. The molecule has 35 heavy (non-hydrogen) atoms. The van der Waals surface area contributed by atoms with Gasteiger partial charge in [0.2, 0.25) is 0 Å². The first kappa shape index (κ1) is 26.3. The van der Waals surface area contributed by atoms with Gasteiger partial charge in [0.25, 0.3) is 0 Å². The molecule has 1 aliphatic heterocycles. The largest absolute Gasteiger partial charge is 0.444 e. The SMILES string of the molecule is CN(C(=O)OC(C)(C)C)C1CCC(CNC(CCCC2CC2)c2nnnn2CC2CCOC2)CC1. The molecule has 1 aromatic rings. The average molecular weight is 491 g/mol. The second kappa shape index (κ2) is 12.0. The zero-order valence-corrected chi connectivity index (χ0v) is 22.2. The van der Waals surface area contributed by atoms with Crippen LogP contribution >= 0.6 is 0 Å². The van der Waals surface area contributed by atoms with Gasteiger partial charge in [0, 0.05) is 32.2 Å². The molecule has 1 aromatic heterocycles. The highest BCUT2D eigenvalue weighted by Gasteiger charge is 2.30. The molecule has 2 heterocycles. The molecular weight excluding hydrogens is 444 g/mol. The molecular formula is C26H46N6O3. The number of hydrogen-bond acceptors (Lipinski definition) is 7. The van der Waals surface area contributed by atoms with Crippen molar-refractivity contribution in [3.63, 3.8) is 0 Å². The predicted octanol–water partition coefficient (Wildman–Crippen LogP) is 4.35. The van der Waals surface area contributed by atoms with Gasteiger partial charge in [-0.2, -0.15) is 0 Å². The third-order valence-electron chi connectivity index (χ3n) is 7.83. The quantitative estimate of drug-likeness (QED) is 0.493. The summed E-state index contributed by atoms with van der Waals surface area (Å²) in [6, 6.07) is 0.449. The fraction of sp³-hybridized carbons (Fsp3) is 0.923. The van der Waals surface area contributed by atoms with E-state index in [1.54, 1.807) is 4.90 Å². The molecule has 9 nitrogen and oxygen atoms in total. The number of tetrazole rings is 1. The smallest absolute Gasteiger partial charge is 0.410 e. The van der Waals surface area contributed by atoms with Gasteiger partial charge in [-0.05, 0) is 88.1 Å². The minimum atomic E-state index is -0.457. The van der Waals surface area contributed by atoms with E-state index in [0.717, 1.165) is 76.6 Å². The Balaban J connectivity index is 1.28. The summed E-state index contributed by atoms with van der Waals surface area (Å²) in [5.41, 5.74) is -0.457. The summed E-state index contributed by atoms with van der Waals surface area (Å²) in [6.07, 6.45) is 11.6. The lowest BCUT2D eigenvalue weighted by Crippen LogP contribution is -2.43. The molecule has 2 unspecified atom stereocenters. The van der Waals surface area contributed by atoms with E-state index in [9.17, 15) is 4.79 Å². The standard InChI is InChI=1S/C26H46N6O3/c1-26(2,3)35-25(33)31(4)22-12-10-20(11-13-22)16-27-23(7-5-6-19-8-9-19)24-28-29-30-32(24)17-21-14-15-34-18-21/h19-23,27H,5-18H2,1-4H3. The molecule has 3 fully saturated rings. The molecule has 0 spiro atoms. The Kier molecular flexibility index (Phi) is 9.02. The van der Waals surface area contributed by atoms with Gasteiger partial charge >= 0.3 is 6.09 Å². The van der Waals surface area contributed by atoms with Crippen molar-refractivity contribution < 1.29 is 14.3 Å². The molecule has 3 aliphatic rings. The van der Waals surface area contributed by atoms with E-state index in [4.69, 9.17) is 9.47 Å². The molecule has 2 saturated carbocycles. The van der Waals surface area contributed by atoms with Crippen LogP contribution in [0, 0.1) is 17.8 Å². The Bertz CT molecular complexity index is 791. The maximum absolute atomic E-state index is 12.5. The minimum Gasteiger partial charge on any atom is -0.444 e. The molecule has 1 saturated heterocycles. The fourth-order valence-corrected chi connectivity index (χ4v) is 5.43. The third-order valence-corrected chi connectivity index (χ3v) is 7.83. The van der Waals surface area contributed by atoms with Crippen LogP contribution in [-0.4, -0.2) is 69.6 Å². The number of carbonyl (C=O) groups excluding carboxylic acids is 1. The Morgan fingerprint density at radius 2 is 1.89 bits per heavy atom. The van der Waals surface area contributed by atoms with E-state index < -0.39 is 5.60 Å². The average Bonchev–Trinajstić information content (AvgIpc) is 3.28. The number of hydrogen-bond donors (Lipinski definition) is 1. The summed E-state index contributed by atoms with van der Waals surface area (Å²) < 4.78 is 13.1. The van der Waals surface area contributed by atoms with Gasteiger partial charge in [-0.15, -0.1) is 5.10 Å². The van der Waals surface area contributed by atoms with Crippen LogP contribution in [0.4, 0.5) is 4.79 Å². The van der Waals surface area contributed by atoms with Crippen LogP contribution in [0.3, 0.4) is 0 Å². The molecule has 2 atom stereocenters. The van der Waals surface area contributed by atoms with Crippen molar-refractivity contribution in [1.29, 1.82) is 0 Å². The number of nitrogens with one attached hydrogen (secondary N) is 1. The highest BCUT2D eigenvalue weighted by Crippen LogP contribution is 2.35. The molecule has 0 aromatic carbocycles. The topological polar surface area (TPSA) is 94.4 Å². The molecule has 9 heteroatoms. The predicted molar refractivity (Wildman–Crippen MR) is 134 cm³/mol. The van der Waals surface area contributed by atoms with Crippen LogP contribution in [0.1, 0.15) is 96.8 Å². The zero-order chi connectivity index (χ0) is 24.8. The van der Waals surface area contributed by atoms with E-state index >= 15 is 0 Å². The first-order chi connectivity index (χ1) is 16.8. The van der Waals surface area contributed by atoms with Gasteiger partial charge in [0.15, 0.2) is 5.82 Å². The van der Waals surface area contributed by atoms with E-state index in [1.165, 1.54) is 25.7 Å². The summed E-state index contributed by atoms with van der Waals surface area (Å²) in [6.45, 7) is 9.21. The van der Waals surface area contributed by atoms with Crippen molar-refractivity contribution in [3.05, 3.63) is 5.82 Å². The molecule has 1 N–H and O–H groups in total. The normalized spacial score (nSPS) is 26.0. The number of nitrogens with zero attached hydrogens (tertiary/aromatic N) is 5. The Morgan fingerprint density at radius 1 is 1.14 bits per heavy atom. The maximum atomic E-state index is 12.5. The Hall–Kier alpha value is -1.74. The van der Waals surface area contributed by atoms with Gasteiger partial charge in [0.1, 0.15) is 5.60 Å². The molecule has 0 bridgehead atoms. The van der Waals surface area contributed by atoms with Crippen LogP contribution < -0.4 is 5.32 Å². The Morgan fingerprint density at radius 3 is 2.54 bits per heavy atom. The van der Waals surface area contributed by atoms with Crippen LogP contribution in [-0.2, 0) is 16.0 Å². The summed E-state index contributed by atoms with van der Waals surface area (Å²) >= 11 is 0. The second-order valence-corrected chi connectivity index (χ2v) is 12.0. The van der Waals surface area contributed by atoms with Gasteiger partial charge in [0.05, 0.1) is 12.6 Å². The Labute approximate surface area is 210 Å². The monoisotopic (exact) mass is 490 g/mol. The van der Waals surface area contributed by atoms with E-state index in [1.807, 2.05) is 32.5 Å². The summed E-state index contributed by atoms with van der Waals surface area (Å²) in [7, 11) is 1.88. The molecule has 1 amide bonds. The van der Waals surface area contributed by atoms with Crippen LogP contribution in [0.5, 0.6) is 0 Å². The van der Waals surface area contributed by atoms with Crippen molar-refractivity contribution in [3.8, 4) is 0 Å². The first-order valence-corrected chi connectivity index (χ1v) is 13.8. The number of rotatable bonds is 11. The number of carbonyl (C=O) groups is 1. The van der Waals surface area contributed by atoms with Crippen LogP contribution in [0.15, 0.2) is 0 Å². The molecule has 2 aliphatic carbocycles. The lowest BCUT2D eigenvalue weighted by atomic mass is 9.85. The molecule has 0 radical (unpaired) electrons. The lowest BCUT2D eigenvalue weighted by Gasteiger charge is -2.36. The van der Waals surface area contributed by atoms with Gasteiger partial charge in [-0.1, -0.05) is 25.7 Å². The van der Waals surface area contributed by atoms with E-state index in [-0.39, 0.29) is 18.2 Å². The maximum Gasteiger partial charge on any atom is 0.410 e. The number of ether oxygens (including phenoxy) is 2. The second-order valence-electron chi connectivity index (χ2n) is 12.0. The van der Waals surface area contributed by atoms with Gasteiger partial charge in [-0.3, -0.25) is 0 Å². The lowest BCUT2D eigenvalue weighted by molar-refractivity contribution is 0.0172. The van der Waals surface area contributed by atoms with Crippen molar-refractivity contribution in [2.45, 2.75) is 109 Å². The number of aromatic nitrogens is 4. The summed E-state index contributed by atoms with van der Waals surface area (Å²) in [5.74, 6) is 3.03. The van der Waals surface area contributed by atoms with Crippen molar-refractivity contribution in [2.24, 2.45) is 17.8 Å². The fourth-order valence-electron chi connectivity index (χ4n) is 5.43.